The van der Waals surface area contributed by atoms with Crippen molar-refractivity contribution in [3.63, 3.8) is 0 Å². The van der Waals surface area contributed by atoms with E-state index < -0.39 is 0 Å². The molecular formula is C28H30N2O5. The Kier molecular flexibility index (Phi) is 7.45. The quantitative estimate of drug-likeness (QED) is 0.337. The van der Waals surface area contributed by atoms with Crippen LogP contribution >= 0.6 is 0 Å². The summed E-state index contributed by atoms with van der Waals surface area (Å²) in [5, 5.41) is 3.97. The van der Waals surface area contributed by atoms with Crippen LogP contribution in [0.3, 0.4) is 0 Å². The second-order valence-electron chi connectivity index (χ2n) is 8.07. The molecule has 7 heteroatoms. The van der Waals surface area contributed by atoms with Crippen LogP contribution in [0.1, 0.15) is 29.0 Å². The molecule has 0 bridgehead atoms. The van der Waals surface area contributed by atoms with Gasteiger partial charge in [0.05, 0.1) is 28.4 Å². The van der Waals surface area contributed by atoms with Gasteiger partial charge >= 0.3 is 0 Å². The minimum atomic E-state index is -0.342. The van der Waals surface area contributed by atoms with Crippen molar-refractivity contribution in [3.8, 4) is 23.0 Å². The van der Waals surface area contributed by atoms with Gasteiger partial charge in [-0.25, -0.2) is 0 Å². The van der Waals surface area contributed by atoms with E-state index in [1.807, 2.05) is 66.9 Å². The molecule has 1 amide bonds. The number of carbonyl (C=O) groups is 1. The topological polar surface area (TPSA) is 81.8 Å². The molecule has 1 atom stereocenters. The molecule has 4 rings (SSSR count). The highest BCUT2D eigenvalue weighted by atomic mass is 16.5. The van der Waals surface area contributed by atoms with Gasteiger partial charge in [-0.05, 0) is 29.3 Å². The van der Waals surface area contributed by atoms with Gasteiger partial charge in [-0.1, -0.05) is 42.5 Å². The Labute approximate surface area is 205 Å². The summed E-state index contributed by atoms with van der Waals surface area (Å²) in [5.74, 6) is 1.86. The number of ether oxygens (including phenoxy) is 4. The molecule has 7 nitrogen and oxygen atoms in total. The van der Waals surface area contributed by atoms with Crippen molar-refractivity contribution in [2.75, 3.05) is 28.4 Å². The number of hydrogen-bond acceptors (Lipinski definition) is 5. The third kappa shape index (κ3) is 4.89. The summed E-state index contributed by atoms with van der Waals surface area (Å²) in [6.45, 7) is 0.451. The number of rotatable bonds is 10. The summed E-state index contributed by atoms with van der Waals surface area (Å²) in [4.78, 5) is 16.5. The molecule has 4 aromatic rings. The Bertz CT molecular complexity index is 1300. The Hall–Kier alpha value is -4.13. The maximum Gasteiger partial charge on any atom is 0.221 e. The van der Waals surface area contributed by atoms with Crippen LogP contribution in [0.5, 0.6) is 23.0 Å². The fourth-order valence-electron chi connectivity index (χ4n) is 4.46. The molecule has 3 aromatic carbocycles. The molecule has 0 fully saturated rings. The van der Waals surface area contributed by atoms with E-state index in [0.717, 1.165) is 33.3 Å². The van der Waals surface area contributed by atoms with Crippen LogP contribution in [0.15, 0.2) is 66.9 Å². The van der Waals surface area contributed by atoms with E-state index in [9.17, 15) is 4.79 Å². The highest BCUT2D eigenvalue weighted by Gasteiger charge is 2.28. The molecular weight excluding hydrogens is 444 g/mol. The number of methoxy groups -OCH3 is 4. The monoisotopic (exact) mass is 474 g/mol. The zero-order chi connectivity index (χ0) is 24.8. The smallest absolute Gasteiger partial charge is 0.221 e. The fourth-order valence-corrected chi connectivity index (χ4v) is 4.46. The number of benzene rings is 3. The van der Waals surface area contributed by atoms with Crippen molar-refractivity contribution in [1.82, 2.24) is 10.3 Å². The number of aromatic nitrogens is 1. The number of fused-ring (bicyclic) bond motifs is 1. The lowest BCUT2D eigenvalue weighted by molar-refractivity contribution is -0.121. The van der Waals surface area contributed by atoms with Gasteiger partial charge in [0.2, 0.25) is 11.7 Å². The Morgan fingerprint density at radius 3 is 2.23 bits per heavy atom. The van der Waals surface area contributed by atoms with Crippen LogP contribution in [0.4, 0.5) is 0 Å². The van der Waals surface area contributed by atoms with Crippen molar-refractivity contribution >= 4 is 16.8 Å². The fraction of sp³-hybridized carbons (Fsp3) is 0.250. The zero-order valence-electron chi connectivity index (χ0n) is 20.4. The predicted molar refractivity (Wildman–Crippen MR) is 136 cm³/mol. The molecule has 2 N–H and O–H groups in total. The highest BCUT2D eigenvalue weighted by molar-refractivity contribution is 5.91. The predicted octanol–water partition coefficient (Wildman–Crippen LogP) is 5.04. The minimum absolute atomic E-state index is 0.0834. The molecule has 0 unspecified atom stereocenters. The first-order valence-electron chi connectivity index (χ1n) is 11.3. The van der Waals surface area contributed by atoms with Crippen LogP contribution in [-0.4, -0.2) is 39.3 Å². The molecule has 1 heterocycles. The van der Waals surface area contributed by atoms with Crippen molar-refractivity contribution in [2.24, 2.45) is 0 Å². The molecule has 0 radical (unpaired) electrons. The van der Waals surface area contributed by atoms with Crippen LogP contribution in [0.2, 0.25) is 0 Å². The standard InChI is InChI=1S/C28H30N2O5/c1-32-23-12-8-11-22-26(23)21(17-29-22)20(15-25(31)30-16-18-9-6-5-7-10-18)19-13-14-24(33-2)28(35-4)27(19)34-3/h5-14,17,20,29H,15-16H2,1-4H3,(H,30,31)/t20-/m1/s1. The van der Waals surface area contributed by atoms with Crippen molar-refractivity contribution in [2.45, 2.75) is 18.9 Å². The van der Waals surface area contributed by atoms with Crippen LogP contribution in [0, 0.1) is 0 Å². The second kappa shape index (κ2) is 10.9. The molecule has 1 aromatic heterocycles. The van der Waals surface area contributed by atoms with Gasteiger partial charge < -0.3 is 29.2 Å². The summed E-state index contributed by atoms with van der Waals surface area (Å²) >= 11 is 0. The minimum Gasteiger partial charge on any atom is -0.496 e. The number of amides is 1. The van der Waals surface area contributed by atoms with Crippen molar-refractivity contribution < 1.29 is 23.7 Å². The maximum atomic E-state index is 13.2. The van der Waals surface area contributed by atoms with Gasteiger partial charge in [0.15, 0.2) is 11.5 Å². The summed E-state index contributed by atoms with van der Waals surface area (Å²) in [5.41, 5.74) is 3.70. The van der Waals surface area contributed by atoms with E-state index >= 15 is 0 Å². The Balaban J connectivity index is 1.79. The average molecular weight is 475 g/mol. The number of nitrogens with one attached hydrogen (secondary N) is 2. The Morgan fingerprint density at radius 2 is 1.54 bits per heavy atom. The third-order valence-corrected chi connectivity index (χ3v) is 6.13. The van der Waals surface area contributed by atoms with Gasteiger partial charge in [0.1, 0.15) is 5.75 Å². The number of aromatic amines is 1. The second-order valence-corrected chi connectivity index (χ2v) is 8.07. The average Bonchev–Trinajstić information content (AvgIpc) is 3.34. The van der Waals surface area contributed by atoms with Gasteiger partial charge in [0, 0.05) is 41.5 Å². The summed E-state index contributed by atoms with van der Waals surface area (Å²) in [6, 6.07) is 19.4. The first-order chi connectivity index (χ1) is 17.1. The first-order valence-corrected chi connectivity index (χ1v) is 11.3. The summed E-state index contributed by atoms with van der Waals surface area (Å²) in [6.07, 6.45) is 2.13. The van der Waals surface area contributed by atoms with Gasteiger partial charge in [-0.15, -0.1) is 0 Å². The number of H-pyrrole nitrogens is 1. The van der Waals surface area contributed by atoms with E-state index in [2.05, 4.69) is 10.3 Å². The zero-order valence-corrected chi connectivity index (χ0v) is 20.4. The van der Waals surface area contributed by atoms with E-state index in [-0.39, 0.29) is 18.2 Å². The van der Waals surface area contributed by atoms with Crippen LogP contribution in [0.25, 0.3) is 10.9 Å². The summed E-state index contributed by atoms with van der Waals surface area (Å²) < 4.78 is 22.5. The lowest BCUT2D eigenvalue weighted by Gasteiger charge is -2.23. The normalized spacial score (nSPS) is 11.7. The molecule has 0 aliphatic rings. The van der Waals surface area contributed by atoms with E-state index in [1.54, 1.807) is 28.4 Å². The SMILES string of the molecule is COc1ccc([C@@H](CC(=O)NCc2ccccc2)c2c[nH]c3cccc(OC)c23)c(OC)c1OC. The molecule has 35 heavy (non-hydrogen) atoms. The van der Waals surface area contributed by atoms with E-state index in [1.165, 1.54) is 0 Å². The van der Waals surface area contributed by atoms with Gasteiger partial charge in [-0.3, -0.25) is 4.79 Å². The van der Waals surface area contributed by atoms with Gasteiger partial charge in [-0.2, -0.15) is 0 Å². The van der Waals surface area contributed by atoms with Crippen molar-refractivity contribution in [3.05, 3.63) is 83.6 Å². The van der Waals surface area contributed by atoms with Gasteiger partial charge in [0.25, 0.3) is 0 Å². The molecule has 0 aliphatic heterocycles. The lowest BCUT2D eigenvalue weighted by atomic mass is 9.86. The number of hydrogen-bond donors (Lipinski definition) is 2. The molecule has 0 saturated carbocycles. The van der Waals surface area contributed by atoms with E-state index in [4.69, 9.17) is 18.9 Å². The first kappa shape index (κ1) is 24.0. The molecule has 0 saturated heterocycles. The number of carbonyl (C=O) groups excluding carboxylic acids is 1. The van der Waals surface area contributed by atoms with E-state index in [0.29, 0.717) is 23.8 Å². The molecule has 0 spiro atoms. The third-order valence-electron chi connectivity index (χ3n) is 6.13. The van der Waals surface area contributed by atoms with Crippen LogP contribution in [-0.2, 0) is 11.3 Å². The molecule has 0 aliphatic carbocycles. The van der Waals surface area contributed by atoms with Crippen molar-refractivity contribution in [1.29, 1.82) is 0 Å². The molecule has 182 valence electrons. The largest absolute Gasteiger partial charge is 0.496 e. The lowest BCUT2D eigenvalue weighted by Crippen LogP contribution is -2.25. The highest BCUT2D eigenvalue weighted by Crippen LogP contribution is 2.47. The van der Waals surface area contributed by atoms with Crippen LogP contribution < -0.4 is 24.3 Å². The Morgan fingerprint density at radius 1 is 0.800 bits per heavy atom. The summed E-state index contributed by atoms with van der Waals surface area (Å²) in [7, 11) is 6.38. The maximum absolute atomic E-state index is 13.2.